The van der Waals surface area contributed by atoms with E-state index in [9.17, 15) is 14.0 Å². The van der Waals surface area contributed by atoms with Gasteiger partial charge in [0.1, 0.15) is 11.3 Å². The molecule has 0 unspecified atom stereocenters. The predicted octanol–water partition coefficient (Wildman–Crippen LogP) is 2.53. The minimum atomic E-state index is -0.365. The molecule has 4 heterocycles. The predicted molar refractivity (Wildman–Crippen MR) is 128 cm³/mol. The first-order valence-electron chi connectivity index (χ1n) is 11.6. The van der Waals surface area contributed by atoms with Gasteiger partial charge >= 0.3 is 5.69 Å². The number of piperazine rings is 1. The third-order valence-corrected chi connectivity index (χ3v) is 6.64. The van der Waals surface area contributed by atoms with E-state index < -0.39 is 0 Å². The zero-order valence-electron chi connectivity index (χ0n) is 18.6. The van der Waals surface area contributed by atoms with E-state index >= 15 is 0 Å². The third-order valence-electron chi connectivity index (χ3n) is 6.64. The molecule has 174 valence electrons. The normalized spacial score (nSPS) is 16.9. The quantitative estimate of drug-likeness (QED) is 0.478. The van der Waals surface area contributed by atoms with Crippen LogP contribution in [-0.2, 0) is 6.54 Å². The molecule has 2 aliphatic rings. The Balaban J connectivity index is 1.12. The summed E-state index contributed by atoms with van der Waals surface area (Å²) in [6.07, 6.45) is 5.58. The molecule has 6 rings (SSSR count). The molecule has 4 aromatic rings. The highest BCUT2D eigenvalue weighted by Crippen LogP contribution is 2.24. The van der Waals surface area contributed by atoms with Crippen molar-refractivity contribution in [3.8, 4) is 0 Å². The number of hydrogen-bond donors (Lipinski definition) is 2. The Bertz CT molecular complexity index is 1450. The molecule has 8 nitrogen and oxygen atoms in total. The lowest BCUT2D eigenvalue weighted by Gasteiger charge is -2.36. The molecular formula is C25H25FN6O2. The molecule has 0 radical (unpaired) electrons. The second-order valence-corrected chi connectivity index (χ2v) is 9.11. The second kappa shape index (κ2) is 8.25. The van der Waals surface area contributed by atoms with Crippen LogP contribution in [0.2, 0.25) is 0 Å². The SMILES string of the molecule is O=C(NC1CC1)c1ccc(N2CCN(Cc3cnc4c(c3)[nH]c(=O)n3cccc43)CC2)c(F)c1. The van der Waals surface area contributed by atoms with Gasteiger partial charge in [0.15, 0.2) is 0 Å². The van der Waals surface area contributed by atoms with E-state index in [1.807, 2.05) is 29.3 Å². The molecule has 34 heavy (non-hydrogen) atoms. The molecule has 1 aliphatic heterocycles. The van der Waals surface area contributed by atoms with E-state index in [1.54, 1.807) is 22.7 Å². The van der Waals surface area contributed by atoms with Crippen molar-refractivity contribution in [1.82, 2.24) is 24.6 Å². The van der Waals surface area contributed by atoms with Crippen LogP contribution in [0.5, 0.6) is 0 Å². The van der Waals surface area contributed by atoms with Crippen molar-refractivity contribution in [2.24, 2.45) is 0 Å². The molecule has 1 aliphatic carbocycles. The summed E-state index contributed by atoms with van der Waals surface area (Å²) in [6.45, 7) is 3.62. The van der Waals surface area contributed by atoms with Gasteiger partial charge in [-0.3, -0.25) is 19.1 Å². The smallest absolute Gasteiger partial charge is 0.330 e. The molecule has 1 aromatic carbocycles. The number of carbonyl (C=O) groups is 1. The molecule has 2 fully saturated rings. The van der Waals surface area contributed by atoms with Crippen molar-refractivity contribution in [3.63, 3.8) is 0 Å². The van der Waals surface area contributed by atoms with Crippen LogP contribution in [0.3, 0.4) is 0 Å². The first-order valence-corrected chi connectivity index (χ1v) is 11.6. The number of carbonyl (C=O) groups excluding carboxylic acids is 1. The Hall–Kier alpha value is -3.72. The van der Waals surface area contributed by atoms with Crippen LogP contribution >= 0.6 is 0 Å². The number of halogens is 1. The number of benzene rings is 1. The molecule has 0 atom stereocenters. The van der Waals surface area contributed by atoms with Gasteiger partial charge in [0.25, 0.3) is 5.91 Å². The maximum absolute atomic E-state index is 14.8. The van der Waals surface area contributed by atoms with Gasteiger partial charge in [-0.2, -0.15) is 0 Å². The van der Waals surface area contributed by atoms with Crippen molar-refractivity contribution in [2.45, 2.75) is 25.4 Å². The zero-order chi connectivity index (χ0) is 23.2. The van der Waals surface area contributed by atoms with E-state index in [0.717, 1.165) is 48.0 Å². The lowest BCUT2D eigenvalue weighted by molar-refractivity contribution is 0.0950. The number of hydrogen-bond acceptors (Lipinski definition) is 5. The molecule has 0 spiro atoms. The largest absolute Gasteiger partial charge is 0.367 e. The number of amides is 1. The first-order chi connectivity index (χ1) is 16.5. The molecule has 1 amide bonds. The Morgan fingerprint density at radius 1 is 1.15 bits per heavy atom. The summed E-state index contributed by atoms with van der Waals surface area (Å²) < 4.78 is 16.3. The van der Waals surface area contributed by atoms with Crippen LogP contribution in [0.4, 0.5) is 10.1 Å². The molecule has 0 bridgehead atoms. The van der Waals surface area contributed by atoms with Gasteiger partial charge in [-0.25, -0.2) is 9.18 Å². The lowest BCUT2D eigenvalue weighted by Crippen LogP contribution is -2.46. The van der Waals surface area contributed by atoms with Crippen LogP contribution in [0, 0.1) is 5.82 Å². The highest BCUT2D eigenvalue weighted by molar-refractivity contribution is 5.95. The zero-order valence-corrected chi connectivity index (χ0v) is 18.6. The number of nitrogens with zero attached hydrogens (tertiary/aromatic N) is 4. The highest BCUT2D eigenvalue weighted by atomic mass is 19.1. The molecule has 9 heteroatoms. The first kappa shape index (κ1) is 20.9. The molecule has 3 aromatic heterocycles. The number of pyridine rings is 1. The van der Waals surface area contributed by atoms with Crippen molar-refractivity contribution in [1.29, 1.82) is 0 Å². The standard InChI is InChI=1S/C25H25FN6O2/c26-19-13-17(24(33)28-18-4-5-18)3-6-21(19)31-10-8-30(9-11-31)15-16-12-20-23(27-14-16)22-2-1-7-32(22)25(34)29-20/h1-3,6-7,12-14,18H,4-5,8-11,15H2,(H,28,33)(H,29,34). The van der Waals surface area contributed by atoms with Gasteiger partial charge in [0.05, 0.1) is 16.7 Å². The van der Waals surface area contributed by atoms with Crippen LogP contribution < -0.4 is 15.9 Å². The Labute approximate surface area is 195 Å². The molecular weight excluding hydrogens is 435 g/mol. The topological polar surface area (TPSA) is 85.7 Å². The van der Waals surface area contributed by atoms with Gasteiger partial charge in [-0.15, -0.1) is 0 Å². The van der Waals surface area contributed by atoms with Crippen LogP contribution in [-0.4, -0.2) is 57.4 Å². The number of fused-ring (bicyclic) bond motifs is 3. The Morgan fingerprint density at radius 2 is 1.97 bits per heavy atom. The summed E-state index contributed by atoms with van der Waals surface area (Å²) in [4.78, 5) is 36.3. The fourth-order valence-electron chi connectivity index (χ4n) is 4.63. The van der Waals surface area contributed by atoms with Crippen LogP contribution in [0.1, 0.15) is 28.8 Å². The Kier molecular flexibility index (Phi) is 5.06. The fraction of sp³-hybridized carbons (Fsp3) is 0.320. The number of aromatic nitrogens is 3. The average molecular weight is 461 g/mol. The second-order valence-electron chi connectivity index (χ2n) is 9.11. The Morgan fingerprint density at radius 3 is 2.74 bits per heavy atom. The molecule has 1 saturated carbocycles. The van der Waals surface area contributed by atoms with E-state index in [-0.39, 0.29) is 23.5 Å². The third kappa shape index (κ3) is 3.92. The maximum atomic E-state index is 14.8. The van der Waals surface area contributed by atoms with E-state index in [2.05, 4.69) is 20.2 Å². The summed E-state index contributed by atoms with van der Waals surface area (Å²) in [6, 6.07) is 10.7. The van der Waals surface area contributed by atoms with Crippen molar-refractivity contribution >= 4 is 28.1 Å². The van der Waals surface area contributed by atoms with Crippen molar-refractivity contribution < 1.29 is 9.18 Å². The van der Waals surface area contributed by atoms with Gasteiger partial charge in [-0.1, -0.05) is 0 Å². The molecule has 2 N–H and O–H groups in total. The highest BCUT2D eigenvalue weighted by Gasteiger charge is 2.25. The van der Waals surface area contributed by atoms with Crippen LogP contribution in [0.25, 0.3) is 16.6 Å². The maximum Gasteiger partial charge on any atom is 0.330 e. The van der Waals surface area contributed by atoms with Gasteiger partial charge in [0, 0.05) is 56.7 Å². The van der Waals surface area contributed by atoms with E-state index in [0.29, 0.717) is 30.9 Å². The minimum absolute atomic E-state index is 0.182. The number of H-pyrrole nitrogens is 1. The average Bonchev–Trinajstić information content (AvgIpc) is 3.50. The number of nitrogens with one attached hydrogen (secondary N) is 2. The van der Waals surface area contributed by atoms with Crippen LogP contribution in [0.15, 0.2) is 53.6 Å². The molecule has 1 saturated heterocycles. The summed E-state index contributed by atoms with van der Waals surface area (Å²) in [5.74, 6) is -0.572. The summed E-state index contributed by atoms with van der Waals surface area (Å²) in [7, 11) is 0. The lowest BCUT2D eigenvalue weighted by atomic mass is 10.1. The van der Waals surface area contributed by atoms with Crippen molar-refractivity contribution in [2.75, 3.05) is 31.1 Å². The summed E-state index contributed by atoms with van der Waals surface area (Å²) in [5.41, 5.74) is 4.01. The van der Waals surface area contributed by atoms with Gasteiger partial charge < -0.3 is 15.2 Å². The fourth-order valence-corrected chi connectivity index (χ4v) is 4.63. The number of anilines is 1. The minimum Gasteiger partial charge on any atom is -0.367 e. The van der Waals surface area contributed by atoms with E-state index in [4.69, 9.17) is 0 Å². The van der Waals surface area contributed by atoms with E-state index in [1.165, 1.54) is 6.07 Å². The number of rotatable bonds is 5. The number of aromatic amines is 1. The van der Waals surface area contributed by atoms with Crippen molar-refractivity contribution in [3.05, 3.63) is 76.2 Å². The summed E-state index contributed by atoms with van der Waals surface area (Å²) in [5, 5.41) is 2.90. The monoisotopic (exact) mass is 460 g/mol. The van der Waals surface area contributed by atoms with Gasteiger partial charge in [0.2, 0.25) is 0 Å². The van der Waals surface area contributed by atoms with Gasteiger partial charge in [-0.05, 0) is 54.8 Å². The summed E-state index contributed by atoms with van der Waals surface area (Å²) >= 11 is 0.